The zero-order valence-electron chi connectivity index (χ0n) is 22.9. The fourth-order valence-corrected chi connectivity index (χ4v) is 6.98. The summed E-state index contributed by atoms with van der Waals surface area (Å²) >= 11 is 0. The number of hydrogen-bond acceptors (Lipinski definition) is 5. The lowest BCUT2D eigenvalue weighted by atomic mass is 9.73. The number of ether oxygens (including phenoxy) is 2. The predicted octanol–water partition coefficient (Wildman–Crippen LogP) is 3.45. The van der Waals surface area contributed by atoms with Gasteiger partial charge in [0.25, 0.3) is 0 Å². The first-order valence-electron chi connectivity index (χ1n) is 14.2. The van der Waals surface area contributed by atoms with Crippen LogP contribution in [0.1, 0.15) is 52.0 Å². The molecule has 8 atom stereocenters. The van der Waals surface area contributed by atoms with Gasteiger partial charge in [0.05, 0.1) is 17.9 Å². The Morgan fingerprint density at radius 2 is 2.03 bits per heavy atom. The third-order valence-corrected chi connectivity index (χ3v) is 9.14. The van der Waals surface area contributed by atoms with Gasteiger partial charge in [0.2, 0.25) is 17.7 Å². The van der Waals surface area contributed by atoms with Crippen molar-refractivity contribution in [2.24, 2.45) is 23.7 Å². The van der Waals surface area contributed by atoms with Crippen LogP contribution in [0.5, 0.6) is 0 Å². The highest BCUT2D eigenvalue weighted by atomic mass is 16.5. The van der Waals surface area contributed by atoms with Crippen LogP contribution in [0.25, 0.3) is 0 Å². The maximum Gasteiger partial charge on any atom is 0.246 e. The molecule has 1 saturated carbocycles. The summed E-state index contributed by atoms with van der Waals surface area (Å²) in [6.45, 7) is 9.79. The van der Waals surface area contributed by atoms with E-state index in [0.29, 0.717) is 43.7 Å². The Hall–Kier alpha value is -2.71. The molecule has 2 bridgehead atoms. The zero-order chi connectivity index (χ0) is 27.0. The fourth-order valence-electron chi connectivity index (χ4n) is 6.98. The van der Waals surface area contributed by atoms with Crippen molar-refractivity contribution in [3.63, 3.8) is 0 Å². The van der Waals surface area contributed by atoms with E-state index in [4.69, 9.17) is 9.47 Å². The average molecular weight is 524 g/mol. The molecule has 8 nitrogen and oxygen atoms in total. The molecule has 38 heavy (non-hydrogen) atoms. The Kier molecular flexibility index (Phi) is 7.65. The molecule has 206 valence electrons. The number of aryl methyl sites for hydroxylation is 1. The van der Waals surface area contributed by atoms with Crippen molar-refractivity contribution < 1.29 is 23.9 Å². The highest BCUT2D eigenvalue weighted by Gasteiger charge is 2.72. The first kappa shape index (κ1) is 26.9. The van der Waals surface area contributed by atoms with E-state index in [0.717, 1.165) is 24.8 Å². The predicted molar refractivity (Wildman–Crippen MR) is 144 cm³/mol. The minimum Gasteiger partial charge on any atom is -0.382 e. The third-order valence-electron chi connectivity index (χ3n) is 9.14. The van der Waals surface area contributed by atoms with E-state index >= 15 is 0 Å². The minimum absolute atomic E-state index is 0.0603. The van der Waals surface area contributed by atoms with Crippen LogP contribution in [-0.2, 0) is 23.9 Å². The summed E-state index contributed by atoms with van der Waals surface area (Å²) < 4.78 is 12.0. The summed E-state index contributed by atoms with van der Waals surface area (Å²) in [5, 5.41) is 6.29. The summed E-state index contributed by atoms with van der Waals surface area (Å²) in [5.41, 5.74) is 0.573. The van der Waals surface area contributed by atoms with Crippen LogP contribution in [0.4, 0.5) is 5.69 Å². The number of amides is 3. The Balaban J connectivity index is 1.41. The maximum atomic E-state index is 14.0. The number of likely N-dealkylation sites (tertiary alicyclic amines) is 1. The van der Waals surface area contributed by atoms with Crippen LogP contribution in [-0.4, -0.2) is 66.2 Å². The van der Waals surface area contributed by atoms with Gasteiger partial charge in [0.15, 0.2) is 0 Å². The standard InChI is InChI=1S/C30H41N3O5/c1-5-37-16-8-15-33-26(28(35)32-22-12-7-10-19(3)20(22)4)30-14-13-23(38-30)24(25(30)29(33)36)27(34)31-21-11-6-9-18(2)17-21/h6,9,11,13-14,17,19-20,22-26H,5,7-8,10,12,15-16H2,1-4H3,(H,31,34)(H,32,35). The first-order chi connectivity index (χ1) is 18.3. The molecule has 1 spiro atoms. The van der Waals surface area contributed by atoms with E-state index in [2.05, 4.69) is 24.5 Å². The number of anilines is 1. The number of rotatable bonds is 9. The van der Waals surface area contributed by atoms with E-state index in [1.54, 1.807) is 4.90 Å². The van der Waals surface area contributed by atoms with E-state index < -0.39 is 29.6 Å². The monoisotopic (exact) mass is 523 g/mol. The second-order valence-corrected chi connectivity index (χ2v) is 11.5. The van der Waals surface area contributed by atoms with Crippen molar-refractivity contribution in [2.45, 2.75) is 77.2 Å². The molecule has 3 heterocycles. The number of hydrogen-bond donors (Lipinski definition) is 2. The van der Waals surface area contributed by atoms with Crippen molar-refractivity contribution in [1.29, 1.82) is 0 Å². The number of benzene rings is 1. The number of carbonyl (C=O) groups is 3. The van der Waals surface area contributed by atoms with E-state index in [1.807, 2.05) is 50.3 Å². The molecule has 3 fully saturated rings. The molecule has 8 heteroatoms. The Morgan fingerprint density at radius 1 is 1.21 bits per heavy atom. The lowest BCUT2D eigenvalue weighted by molar-refractivity contribution is -0.141. The molecule has 0 aromatic heterocycles. The largest absolute Gasteiger partial charge is 0.382 e. The molecule has 8 unspecified atom stereocenters. The molecule has 1 aromatic carbocycles. The van der Waals surface area contributed by atoms with Gasteiger partial charge in [-0.1, -0.05) is 51.0 Å². The van der Waals surface area contributed by atoms with Gasteiger partial charge in [0, 0.05) is 31.5 Å². The molecule has 2 N–H and O–H groups in total. The molecule has 2 saturated heterocycles. The van der Waals surface area contributed by atoms with Crippen molar-refractivity contribution in [3.8, 4) is 0 Å². The highest BCUT2D eigenvalue weighted by molar-refractivity contribution is 6.02. The number of nitrogens with zero attached hydrogens (tertiary/aromatic N) is 1. The van der Waals surface area contributed by atoms with E-state index in [-0.39, 0.29) is 23.8 Å². The van der Waals surface area contributed by atoms with Crippen molar-refractivity contribution in [2.75, 3.05) is 25.1 Å². The summed E-state index contributed by atoms with van der Waals surface area (Å²) in [6, 6.07) is 6.83. The van der Waals surface area contributed by atoms with Crippen LogP contribution in [0.15, 0.2) is 36.4 Å². The second kappa shape index (κ2) is 10.8. The molecule has 4 aliphatic rings. The molecule has 5 rings (SSSR count). The van der Waals surface area contributed by atoms with Gasteiger partial charge in [-0.3, -0.25) is 14.4 Å². The van der Waals surface area contributed by atoms with Crippen LogP contribution < -0.4 is 10.6 Å². The van der Waals surface area contributed by atoms with Crippen molar-refractivity contribution in [3.05, 3.63) is 42.0 Å². The van der Waals surface area contributed by atoms with Crippen molar-refractivity contribution in [1.82, 2.24) is 10.2 Å². The summed E-state index contributed by atoms with van der Waals surface area (Å²) in [5.74, 6) is -1.19. The van der Waals surface area contributed by atoms with Crippen LogP contribution in [0.2, 0.25) is 0 Å². The maximum absolute atomic E-state index is 14.0. The second-order valence-electron chi connectivity index (χ2n) is 11.5. The van der Waals surface area contributed by atoms with Gasteiger partial charge in [-0.15, -0.1) is 0 Å². The Labute approximate surface area is 225 Å². The zero-order valence-corrected chi connectivity index (χ0v) is 22.9. The minimum atomic E-state index is -1.14. The van der Waals surface area contributed by atoms with Crippen LogP contribution in [0.3, 0.4) is 0 Å². The van der Waals surface area contributed by atoms with Crippen LogP contribution >= 0.6 is 0 Å². The van der Waals surface area contributed by atoms with Gasteiger partial charge in [-0.25, -0.2) is 0 Å². The first-order valence-corrected chi connectivity index (χ1v) is 14.2. The molecule has 3 amide bonds. The number of carbonyl (C=O) groups excluding carboxylic acids is 3. The van der Waals surface area contributed by atoms with E-state index in [9.17, 15) is 14.4 Å². The highest BCUT2D eigenvalue weighted by Crippen LogP contribution is 2.55. The SMILES string of the molecule is CCOCCCN1C(=O)C2C(C(=O)Nc3cccc(C)c3)C3C=CC2(O3)C1C(=O)NC1CCCC(C)C1C. The molecule has 0 radical (unpaired) electrons. The topological polar surface area (TPSA) is 97.0 Å². The van der Waals surface area contributed by atoms with Gasteiger partial charge in [0.1, 0.15) is 11.6 Å². The lowest BCUT2D eigenvalue weighted by Gasteiger charge is -2.38. The molecular weight excluding hydrogens is 482 g/mol. The smallest absolute Gasteiger partial charge is 0.246 e. The van der Waals surface area contributed by atoms with Gasteiger partial charge in [-0.2, -0.15) is 0 Å². The summed E-state index contributed by atoms with van der Waals surface area (Å²) in [4.78, 5) is 43.2. The van der Waals surface area contributed by atoms with Gasteiger partial charge < -0.3 is 25.0 Å². The summed E-state index contributed by atoms with van der Waals surface area (Å²) in [7, 11) is 0. The number of nitrogens with one attached hydrogen (secondary N) is 2. The van der Waals surface area contributed by atoms with E-state index in [1.165, 1.54) is 0 Å². The fraction of sp³-hybridized carbons (Fsp3) is 0.633. The average Bonchev–Trinajstić information content (AvgIpc) is 3.52. The molecule has 1 aromatic rings. The molecular formula is C30H41N3O5. The third kappa shape index (κ3) is 4.66. The number of fused-ring (bicyclic) bond motifs is 1. The summed E-state index contributed by atoms with van der Waals surface area (Å²) in [6.07, 6.45) is 6.97. The van der Waals surface area contributed by atoms with Crippen molar-refractivity contribution >= 4 is 23.4 Å². The molecule has 3 aliphatic heterocycles. The lowest BCUT2D eigenvalue weighted by Crippen LogP contribution is -2.58. The van der Waals surface area contributed by atoms with Crippen LogP contribution in [0, 0.1) is 30.6 Å². The normalized spacial score (nSPS) is 35.4. The quantitative estimate of drug-likeness (QED) is 0.382. The Bertz CT molecular complexity index is 1110. The molecule has 1 aliphatic carbocycles. The van der Waals surface area contributed by atoms with Gasteiger partial charge in [-0.05, 0) is 56.2 Å². The van der Waals surface area contributed by atoms with Gasteiger partial charge >= 0.3 is 0 Å². The Morgan fingerprint density at radius 3 is 2.79 bits per heavy atom.